The molecule has 1 atom stereocenters. The fourth-order valence-electron chi connectivity index (χ4n) is 3.22. The van der Waals surface area contributed by atoms with Gasteiger partial charge in [-0.3, -0.25) is 4.79 Å². The Morgan fingerprint density at radius 2 is 1.73 bits per heavy atom. The summed E-state index contributed by atoms with van der Waals surface area (Å²) in [5.41, 5.74) is 2.15. The first kappa shape index (κ1) is 17.7. The van der Waals surface area contributed by atoms with Crippen LogP contribution in [0.3, 0.4) is 0 Å². The number of aromatic nitrogens is 1. The van der Waals surface area contributed by atoms with Gasteiger partial charge in [-0.05, 0) is 32.0 Å². The number of carbonyl (C=O) groups excluding carboxylic acids is 2. The number of nitrogens with zero attached hydrogens (tertiary/aromatic N) is 2. The Bertz CT molecular complexity index is 931. The van der Waals surface area contributed by atoms with E-state index in [2.05, 4.69) is 0 Å². The summed E-state index contributed by atoms with van der Waals surface area (Å²) >= 11 is 0. The summed E-state index contributed by atoms with van der Waals surface area (Å²) < 4.78 is 6.73. The summed E-state index contributed by atoms with van der Waals surface area (Å²) in [6.45, 7) is 4.36. The highest BCUT2D eigenvalue weighted by Crippen LogP contribution is 2.27. The molecule has 5 heteroatoms. The van der Waals surface area contributed by atoms with Crippen LogP contribution in [0.2, 0.25) is 0 Å². The predicted molar refractivity (Wildman–Crippen MR) is 102 cm³/mol. The molecule has 0 aliphatic carbocycles. The number of fused-ring (bicyclic) bond motifs is 1. The molecule has 0 unspecified atom stereocenters. The van der Waals surface area contributed by atoms with Crippen LogP contribution >= 0.6 is 0 Å². The van der Waals surface area contributed by atoms with E-state index in [9.17, 15) is 9.59 Å². The van der Waals surface area contributed by atoms with Crippen molar-refractivity contribution in [3.05, 3.63) is 66.4 Å². The molecule has 0 spiro atoms. The Kier molecular flexibility index (Phi) is 5.07. The van der Waals surface area contributed by atoms with Gasteiger partial charge in [-0.25, -0.2) is 4.79 Å². The van der Waals surface area contributed by atoms with Gasteiger partial charge < -0.3 is 14.2 Å². The van der Waals surface area contributed by atoms with E-state index in [0.717, 1.165) is 16.6 Å². The molecule has 3 rings (SSSR count). The molecule has 3 aromatic rings. The van der Waals surface area contributed by atoms with Gasteiger partial charge in [0.2, 0.25) is 5.91 Å². The zero-order valence-electron chi connectivity index (χ0n) is 15.2. The predicted octanol–water partition coefficient (Wildman–Crippen LogP) is 4.04. The standard InChI is InChI=1S/C21H22N2O3/c1-4-22(16-10-6-5-7-11-16)20(24)15(2)23-14-18(21(25)26-3)17-12-8-9-13-19(17)23/h5-15H,4H2,1-3H3/t15-/m1/s1. The fraction of sp³-hybridized carbons (Fsp3) is 0.238. The van der Waals surface area contributed by atoms with Gasteiger partial charge in [-0.2, -0.15) is 0 Å². The average molecular weight is 350 g/mol. The number of para-hydroxylation sites is 2. The summed E-state index contributed by atoms with van der Waals surface area (Å²) in [7, 11) is 1.36. The maximum Gasteiger partial charge on any atom is 0.340 e. The van der Waals surface area contributed by atoms with Gasteiger partial charge >= 0.3 is 5.97 Å². The Morgan fingerprint density at radius 3 is 2.38 bits per heavy atom. The van der Waals surface area contributed by atoms with Crippen LogP contribution in [-0.4, -0.2) is 30.1 Å². The quantitative estimate of drug-likeness (QED) is 0.653. The highest BCUT2D eigenvalue weighted by molar-refractivity contribution is 6.05. The third kappa shape index (κ3) is 3.08. The number of rotatable bonds is 5. The Hall–Kier alpha value is -3.08. The lowest BCUT2D eigenvalue weighted by atomic mass is 10.2. The van der Waals surface area contributed by atoms with Crippen molar-refractivity contribution in [1.82, 2.24) is 4.57 Å². The van der Waals surface area contributed by atoms with E-state index in [1.54, 1.807) is 11.1 Å². The van der Waals surface area contributed by atoms with E-state index in [1.807, 2.05) is 73.0 Å². The molecule has 5 nitrogen and oxygen atoms in total. The maximum absolute atomic E-state index is 13.2. The van der Waals surface area contributed by atoms with E-state index >= 15 is 0 Å². The van der Waals surface area contributed by atoms with Crippen LogP contribution < -0.4 is 4.90 Å². The Balaban J connectivity index is 2.03. The molecule has 1 heterocycles. The first-order valence-electron chi connectivity index (χ1n) is 8.62. The molecule has 134 valence electrons. The molecule has 0 bridgehead atoms. The molecule has 0 saturated heterocycles. The first-order chi connectivity index (χ1) is 12.6. The third-order valence-electron chi connectivity index (χ3n) is 4.57. The smallest absolute Gasteiger partial charge is 0.340 e. The van der Waals surface area contributed by atoms with E-state index in [-0.39, 0.29) is 5.91 Å². The Morgan fingerprint density at radius 1 is 1.08 bits per heavy atom. The molecule has 1 aromatic heterocycles. The van der Waals surface area contributed by atoms with Crippen molar-refractivity contribution >= 4 is 28.5 Å². The molecular weight excluding hydrogens is 328 g/mol. The van der Waals surface area contributed by atoms with Crippen LogP contribution in [0, 0.1) is 0 Å². The van der Waals surface area contributed by atoms with Gasteiger partial charge in [0.05, 0.1) is 12.7 Å². The zero-order chi connectivity index (χ0) is 18.7. The topological polar surface area (TPSA) is 51.5 Å². The number of likely N-dealkylation sites (N-methyl/N-ethyl adjacent to an activating group) is 1. The molecular formula is C21H22N2O3. The molecule has 0 radical (unpaired) electrons. The number of methoxy groups -OCH3 is 1. The summed E-state index contributed by atoms with van der Waals surface area (Å²) in [4.78, 5) is 27.0. The molecule has 0 saturated carbocycles. The third-order valence-corrected chi connectivity index (χ3v) is 4.57. The summed E-state index contributed by atoms with van der Waals surface area (Å²) in [6.07, 6.45) is 1.71. The van der Waals surface area contributed by atoms with Gasteiger partial charge in [-0.1, -0.05) is 36.4 Å². The number of ether oxygens (including phenoxy) is 1. The number of esters is 1. The molecule has 0 aliphatic rings. The molecule has 0 fully saturated rings. The van der Waals surface area contributed by atoms with Crippen molar-refractivity contribution in [3.8, 4) is 0 Å². The largest absolute Gasteiger partial charge is 0.465 e. The molecule has 1 amide bonds. The van der Waals surface area contributed by atoms with Gasteiger partial charge in [0, 0.05) is 29.3 Å². The fourth-order valence-corrected chi connectivity index (χ4v) is 3.22. The van der Waals surface area contributed by atoms with Crippen molar-refractivity contribution in [1.29, 1.82) is 0 Å². The van der Waals surface area contributed by atoms with Crippen molar-refractivity contribution in [2.75, 3.05) is 18.6 Å². The van der Waals surface area contributed by atoms with Crippen LogP contribution in [0.1, 0.15) is 30.2 Å². The second-order valence-electron chi connectivity index (χ2n) is 6.05. The first-order valence-corrected chi connectivity index (χ1v) is 8.62. The van der Waals surface area contributed by atoms with Gasteiger partial charge in [0.1, 0.15) is 6.04 Å². The van der Waals surface area contributed by atoms with Crippen LogP contribution in [0.25, 0.3) is 10.9 Å². The van der Waals surface area contributed by atoms with Gasteiger partial charge in [0.25, 0.3) is 0 Å². The van der Waals surface area contributed by atoms with Crippen molar-refractivity contribution in [2.45, 2.75) is 19.9 Å². The monoisotopic (exact) mass is 350 g/mol. The minimum atomic E-state index is -0.460. The maximum atomic E-state index is 13.2. The lowest BCUT2D eigenvalue weighted by Crippen LogP contribution is -2.36. The van der Waals surface area contributed by atoms with E-state index in [0.29, 0.717) is 12.1 Å². The summed E-state index contributed by atoms with van der Waals surface area (Å²) in [5, 5.41) is 0.779. The minimum Gasteiger partial charge on any atom is -0.465 e. The van der Waals surface area contributed by atoms with Gasteiger partial charge in [0.15, 0.2) is 0 Å². The second kappa shape index (κ2) is 7.44. The number of benzene rings is 2. The van der Waals surface area contributed by atoms with Crippen LogP contribution in [0.4, 0.5) is 5.69 Å². The second-order valence-corrected chi connectivity index (χ2v) is 6.05. The number of amides is 1. The van der Waals surface area contributed by atoms with Crippen LogP contribution in [-0.2, 0) is 9.53 Å². The SMILES string of the molecule is CCN(C(=O)[C@@H](C)n1cc(C(=O)OC)c2ccccc21)c1ccccc1. The number of hydrogen-bond acceptors (Lipinski definition) is 3. The molecule has 0 N–H and O–H groups in total. The lowest BCUT2D eigenvalue weighted by Gasteiger charge is -2.25. The van der Waals surface area contributed by atoms with E-state index in [4.69, 9.17) is 4.74 Å². The minimum absolute atomic E-state index is 0.0316. The normalized spacial score (nSPS) is 12.0. The summed E-state index contributed by atoms with van der Waals surface area (Å²) in [5.74, 6) is -0.439. The Labute approximate surface area is 152 Å². The van der Waals surface area contributed by atoms with E-state index in [1.165, 1.54) is 7.11 Å². The van der Waals surface area contributed by atoms with Crippen LogP contribution in [0.5, 0.6) is 0 Å². The van der Waals surface area contributed by atoms with Crippen molar-refractivity contribution < 1.29 is 14.3 Å². The van der Waals surface area contributed by atoms with E-state index < -0.39 is 12.0 Å². The number of hydrogen-bond donors (Lipinski definition) is 0. The average Bonchev–Trinajstić information content (AvgIpc) is 3.08. The van der Waals surface area contributed by atoms with Crippen molar-refractivity contribution in [2.24, 2.45) is 0 Å². The number of anilines is 1. The van der Waals surface area contributed by atoms with Gasteiger partial charge in [-0.15, -0.1) is 0 Å². The molecule has 0 aliphatic heterocycles. The highest BCUT2D eigenvalue weighted by Gasteiger charge is 2.25. The number of carbonyl (C=O) groups is 2. The molecule has 2 aromatic carbocycles. The lowest BCUT2D eigenvalue weighted by molar-refractivity contribution is -0.121. The van der Waals surface area contributed by atoms with Crippen molar-refractivity contribution in [3.63, 3.8) is 0 Å². The van der Waals surface area contributed by atoms with Crippen LogP contribution in [0.15, 0.2) is 60.8 Å². The highest BCUT2D eigenvalue weighted by atomic mass is 16.5. The molecule has 26 heavy (non-hydrogen) atoms. The zero-order valence-corrected chi connectivity index (χ0v) is 15.2. The summed E-state index contributed by atoms with van der Waals surface area (Å²) in [6, 6.07) is 16.7.